The van der Waals surface area contributed by atoms with Gasteiger partial charge in [0.2, 0.25) is 0 Å². The lowest BCUT2D eigenvalue weighted by Crippen LogP contribution is -2.40. The van der Waals surface area contributed by atoms with Crippen molar-refractivity contribution in [2.24, 2.45) is 0 Å². The van der Waals surface area contributed by atoms with Gasteiger partial charge < -0.3 is 15.3 Å². The highest BCUT2D eigenvalue weighted by Gasteiger charge is 2.29. The van der Waals surface area contributed by atoms with Gasteiger partial charge in [0.25, 0.3) is 0 Å². The molecule has 0 spiro atoms. The summed E-state index contributed by atoms with van der Waals surface area (Å²) in [6.45, 7) is 2.50. The summed E-state index contributed by atoms with van der Waals surface area (Å²) in [5.41, 5.74) is 1.52. The molecule has 5 nitrogen and oxygen atoms in total. The summed E-state index contributed by atoms with van der Waals surface area (Å²) in [5, 5.41) is 13.6. The predicted octanol–water partition coefficient (Wildman–Crippen LogP) is 3.00. The van der Waals surface area contributed by atoms with E-state index in [9.17, 15) is 9.90 Å². The lowest BCUT2D eigenvalue weighted by atomic mass is 10.1. The van der Waals surface area contributed by atoms with Gasteiger partial charge in [0.05, 0.1) is 17.3 Å². The SMILES string of the molecule is C[C@@H](O)C[C@@H]1CCCN1C(=O)Nc1cccc2cccnc12. The van der Waals surface area contributed by atoms with E-state index in [2.05, 4.69) is 10.3 Å². The monoisotopic (exact) mass is 299 g/mol. The van der Waals surface area contributed by atoms with Crippen LogP contribution in [-0.4, -0.2) is 39.7 Å². The Morgan fingerprint density at radius 2 is 2.27 bits per heavy atom. The minimum atomic E-state index is -0.391. The van der Waals surface area contributed by atoms with Crippen molar-refractivity contribution < 1.29 is 9.90 Å². The molecule has 2 aromatic rings. The molecule has 1 saturated heterocycles. The van der Waals surface area contributed by atoms with Crippen molar-refractivity contribution in [2.75, 3.05) is 11.9 Å². The summed E-state index contributed by atoms with van der Waals surface area (Å²) < 4.78 is 0. The van der Waals surface area contributed by atoms with E-state index in [-0.39, 0.29) is 12.1 Å². The Kier molecular flexibility index (Phi) is 4.24. The van der Waals surface area contributed by atoms with Crippen molar-refractivity contribution >= 4 is 22.6 Å². The minimum absolute atomic E-state index is 0.110. The number of nitrogens with zero attached hydrogens (tertiary/aromatic N) is 2. The van der Waals surface area contributed by atoms with E-state index in [1.165, 1.54) is 0 Å². The number of pyridine rings is 1. The quantitative estimate of drug-likeness (QED) is 0.915. The molecule has 5 heteroatoms. The Hall–Kier alpha value is -2.14. The number of aliphatic hydroxyl groups is 1. The predicted molar refractivity (Wildman–Crippen MR) is 86.8 cm³/mol. The Balaban J connectivity index is 1.78. The van der Waals surface area contributed by atoms with Crippen LogP contribution in [0.15, 0.2) is 36.5 Å². The number of nitrogens with one attached hydrogen (secondary N) is 1. The molecule has 0 saturated carbocycles. The Morgan fingerprint density at radius 3 is 3.09 bits per heavy atom. The zero-order chi connectivity index (χ0) is 15.5. The van der Waals surface area contributed by atoms with Gasteiger partial charge in [0.1, 0.15) is 0 Å². The summed E-state index contributed by atoms with van der Waals surface area (Å²) in [6, 6.07) is 9.62. The summed E-state index contributed by atoms with van der Waals surface area (Å²) in [4.78, 5) is 18.7. The lowest BCUT2D eigenvalue weighted by Gasteiger charge is -2.26. The number of anilines is 1. The van der Waals surface area contributed by atoms with Gasteiger partial charge >= 0.3 is 6.03 Å². The molecule has 1 aliphatic rings. The second kappa shape index (κ2) is 6.32. The van der Waals surface area contributed by atoms with E-state index in [1.54, 1.807) is 13.1 Å². The molecule has 0 unspecified atom stereocenters. The van der Waals surface area contributed by atoms with E-state index in [0.717, 1.165) is 36.0 Å². The standard InChI is InChI=1S/C17H21N3O2/c1-12(21)11-14-7-4-10-20(14)17(22)19-15-8-2-5-13-6-3-9-18-16(13)15/h2-3,5-6,8-9,12,14,21H,4,7,10-11H2,1H3,(H,19,22)/t12-,14+/m1/s1. The molecule has 2 heterocycles. The molecular weight excluding hydrogens is 278 g/mol. The Bertz CT molecular complexity index is 667. The number of para-hydroxylation sites is 1. The first kappa shape index (κ1) is 14.8. The minimum Gasteiger partial charge on any atom is -0.393 e. The molecule has 1 aromatic carbocycles. The highest BCUT2D eigenvalue weighted by molar-refractivity contribution is 5.99. The molecule has 2 N–H and O–H groups in total. The molecule has 1 aromatic heterocycles. The normalized spacial score (nSPS) is 19.4. The molecule has 116 valence electrons. The fourth-order valence-corrected chi connectivity index (χ4v) is 3.13. The molecule has 3 rings (SSSR count). The third kappa shape index (κ3) is 3.04. The summed E-state index contributed by atoms with van der Waals surface area (Å²) in [5.74, 6) is 0. The smallest absolute Gasteiger partial charge is 0.322 e. The number of aromatic nitrogens is 1. The molecule has 1 fully saturated rings. The number of benzene rings is 1. The van der Waals surface area contributed by atoms with Crippen LogP contribution in [0.1, 0.15) is 26.2 Å². The average molecular weight is 299 g/mol. The Morgan fingerprint density at radius 1 is 1.45 bits per heavy atom. The zero-order valence-corrected chi connectivity index (χ0v) is 12.7. The number of hydrogen-bond donors (Lipinski definition) is 2. The number of likely N-dealkylation sites (tertiary alicyclic amines) is 1. The molecule has 0 bridgehead atoms. The van der Waals surface area contributed by atoms with Crippen LogP contribution in [0.2, 0.25) is 0 Å². The molecule has 0 radical (unpaired) electrons. The van der Waals surface area contributed by atoms with Crippen LogP contribution < -0.4 is 5.32 Å². The average Bonchev–Trinajstić information content (AvgIpc) is 2.95. The van der Waals surface area contributed by atoms with Crippen LogP contribution in [0.5, 0.6) is 0 Å². The fourth-order valence-electron chi connectivity index (χ4n) is 3.13. The number of hydrogen-bond acceptors (Lipinski definition) is 3. The molecule has 0 aliphatic carbocycles. The second-order valence-electron chi connectivity index (χ2n) is 5.89. The maximum absolute atomic E-state index is 12.6. The van der Waals surface area contributed by atoms with Crippen molar-refractivity contribution in [3.05, 3.63) is 36.5 Å². The summed E-state index contributed by atoms with van der Waals surface area (Å²) in [6.07, 6.45) is 3.90. The first-order valence-corrected chi connectivity index (χ1v) is 7.74. The van der Waals surface area contributed by atoms with E-state index in [0.29, 0.717) is 6.42 Å². The largest absolute Gasteiger partial charge is 0.393 e. The van der Waals surface area contributed by atoms with Gasteiger partial charge in [-0.2, -0.15) is 0 Å². The summed E-state index contributed by atoms with van der Waals surface area (Å²) in [7, 11) is 0. The number of fused-ring (bicyclic) bond motifs is 1. The van der Waals surface area contributed by atoms with Gasteiger partial charge in [-0.1, -0.05) is 18.2 Å². The maximum atomic E-state index is 12.6. The molecule has 2 atom stereocenters. The molecular formula is C17H21N3O2. The molecule has 22 heavy (non-hydrogen) atoms. The van der Waals surface area contributed by atoms with Crippen LogP contribution in [0.25, 0.3) is 10.9 Å². The topological polar surface area (TPSA) is 65.5 Å². The lowest BCUT2D eigenvalue weighted by molar-refractivity contribution is 0.142. The second-order valence-corrected chi connectivity index (χ2v) is 5.89. The van der Waals surface area contributed by atoms with Gasteiger partial charge in [-0.05, 0) is 38.3 Å². The Labute approximate surface area is 130 Å². The number of carbonyl (C=O) groups excluding carboxylic acids is 1. The van der Waals surface area contributed by atoms with Crippen molar-refractivity contribution in [1.82, 2.24) is 9.88 Å². The number of urea groups is 1. The first-order chi connectivity index (χ1) is 10.6. The fraction of sp³-hybridized carbons (Fsp3) is 0.412. The van der Waals surface area contributed by atoms with Crippen LogP contribution in [-0.2, 0) is 0 Å². The van der Waals surface area contributed by atoms with Gasteiger partial charge in [0, 0.05) is 24.2 Å². The van der Waals surface area contributed by atoms with Crippen molar-refractivity contribution in [3.8, 4) is 0 Å². The van der Waals surface area contributed by atoms with E-state index in [1.807, 2.05) is 35.2 Å². The van der Waals surface area contributed by atoms with Crippen LogP contribution >= 0.6 is 0 Å². The van der Waals surface area contributed by atoms with Crippen LogP contribution in [0.3, 0.4) is 0 Å². The van der Waals surface area contributed by atoms with Crippen LogP contribution in [0, 0.1) is 0 Å². The number of carbonyl (C=O) groups is 1. The van der Waals surface area contributed by atoms with Crippen molar-refractivity contribution in [3.63, 3.8) is 0 Å². The van der Waals surface area contributed by atoms with Gasteiger partial charge in [-0.3, -0.25) is 4.98 Å². The summed E-state index contributed by atoms with van der Waals surface area (Å²) >= 11 is 0. The van der Waals surface area contributed by atoms with Gasteiger partial charge in [-0.15, -0.1) is 0 Å². The van der Waals surface area contributed by atoms with Gasteiger partial charge in [0.15, 0.2) is 0 Å². The third-order valence-corrected chi connectivity index (χ3v) is 4.13. The highest BCUT2D eigenvalue weighted by Crippen LogP contribution is 2.25. The maximum Gasteiger partial charge on any atom is 0.322 e. The number of aliphatic hydroxyl groups excluding tert-OH is 1. The van der Waals surface area contributed by atoms with E-state index in [4.69, 9.17) is 0 Å². The first-order valence-electron chi connectivity index (χ1n) is 7.74. The number of rotatable bonds is 3. The van der Waals surface area contributed by atoms with Gasteiger partial charge in [-0.25, -0.2) is 4.79 Å². The third-order valence-electron chi connectivity index (χ3n) is 4.13. The van der Waals surface area contributed by atoms with E-state index < -0.39 is 6.10 Å². The van der Waals surface area contributed by atoms with E-state index >= 15 is 0 Å². The highest BCUT2D eigenvalue weighted by atomic mass is 16.3. The molecule has 2 amide bonds. The van der Waals surface area contributed by atoms with Crippen molar-refractivity contribution in [1.29, 1.82) is 0 Å². The van der Waals surface area contributed by atoms with Crippen LogP contribution in [0.4, 0.5) is 10.5 Å². The number of amides is 2. The molecule has 1 aliphatic heterocycles. The van der Waals surface area contributed by atoms with Crippen molar-refractivity contribution in [2.45, 2.75) is 38.3 Å². The zero-order valence-electron chi connectivity index (χ0n) is 12.7.